The number of halogens is 1. The number of carbonyl (C=O) groups is 3. The number of nitrogens with one attached hydrogen (secondary N) is 1. The highest BCUT2D eigenvalue weighted by molar-refractivity contribution is 9.10. The van der Waals surface area contributed by atoms with Crippen molar-refractivity contribution in [1.82, 2.24) is 4.90 Å². The average Bonchev–Trinajstić information content (AvgIpc) is 3.19. The molecule has 0 radical (unpaired) electrons. The third-order valence-electron chi connectivity index (χ3n) is 7.53. The lowest BCUT2D eigenvalue weighted by molar-refractivity contribution is -0.110. The quantitative estimate of drug-likeness (QED) is 0.322. The molecule has 7 nitrogen and oxygen atoms in total. The molecule has 192 valence electrons. The first-order valence-electron chi connectivity index (χ1n) is 12.5. The van der Waals surface area contributed by atoms with E-state index in [9.17, 15) is 19.5 Å². The van der Waals surface area contributed by atoms with E-state index in [4.69, 9.17) is 4.74 Å². The molecular formula is C30H25BrN2O5. The summed E-state index contributed by atoms with van der Waals surface area (Å²) in [5.41, 5.74) is 2.27. The van der Waals surface area contributed by atoms with Crippen LogP contribution in [0.5, 0.6) is 11.5 Å². The standard InChI is InChI=1S/C30H25BrN2O5/c31-19-6-7-24-20(12-19)21(29(37)32-24)14-25(34)22-13-23-27(36)16-30(38-28(23)15-26(22)35)8-10-33(11-9-30)17-18-4-2-1-3-5-18/h1-7,12-15,35H,8-11,16-17H2,(H,32,37)/b21-14-. The minimum absolute atomic E-state index is 0.0434. The van der Waals surface area contributed by atoms with Crippen molar-refractivity contribution < 1.29 is 24.2 Å². The first kappa shape index (κ1) is 24.6. The molecule has 1 fully saturated rings. The highest BCUT2D eigenvalue weighted by Crippen LogP contribution is 2.42. The van der Waals surface area contributed by atoms with E-state index in [1.54, 1.807) is 18.2 Å². The first-order valence-corrected chi connectivity index (χ1v) is 13.3. The zero-order valence-corrected chi connectivity index (χ0v) is 22.1. The van der Waals surface area contributed by atoms with Gasteiger partial charge in [-0.1, -0.05) is 46.3 Å². The van der Waals surface area contributed by atoms with Crippen LogP contribution in [-0.2, 0) is 11.3 Å². The van der Waals surface area contributed by atoms with Gasteiger partial charge in [-0.15, -0.1) is 0 Å². The number of aromatic hydroxyl groups is 1. The van der Waals surface area contributed by atoms with Gasteiger partial charge in [0.05, 0.1) is 23.1 Å². The van der Waals surface area contributed by atoms with Gasteiger partial charge in [0.25, 0.3) is 5.91 Å². The smallest absolute Gasteiger partial charge is 0.256 e. The Morgan fingerprint density at radius 2 is 1.82 bits per heavy atom. The molecule has 1 amide bonds. The van der Waals surface area contributed by atoms with Gasteiger partial charge >= 0.3 is 0 Å². The molecule has 0 aromatic heterocycles. The Bertz CT molecular complexity index is 1510. The van der Waals surface area contributed by atoms with Gasteiger partial charge in [0.15, 0.2) is 11.6 Å². The fourth-order valence-corrected chi connectivity index (χ4v) is 5.84. The lowest BCUT2D eigenvalue weighted by Gasteiger charge is -2.44. The van der Waals surface area contributed by atoms with Gasteiger partial charge in [-0.2, -0.15) is 0 Å². The van der Waals surface area contributed by atoms with Gasteiger partial charge < -0.3 is 15.2 Å². The van der Waals surface area contributed by atoms with E-state index >= 15 is 0 Å². The van der Waals surface area contributed by atoms with Crippen LogP contribution in [-0.4, -0.2) is 46.2 Å². The fourth-order valence-electron chi connectivity index (χ4n) is 5.48. The number of benzene rings is 3. The van der Waals surface area contributed by atoms with E-state index < -0.39 is 17.3 Å². The predicted octanol–water partition coefficient (Wildman–Crippen LogP) is 5.37. The Morgan fingerprint density at radius 1 is 1.05 bits per heavy atom. The van der Waals surface area contributed by atoms with Crippen LogP contribution < -0.4 is 10.1 Å². The van der Waals surface area contributed by atoms with Gasteiger partial charge in [-0.05, 0) is 35.9 Å². The summed E-state index contributed by atoms with van der Waals surface area (Å²) < 4.78 is 7.12. The van der Waals surface area contributed by atoms with Gasteiger partial charge in [0.1, 0.15) is 17.1 Å². The summed E-state index contributed by atoms with van der Waals surface area (Å²) in [6, 6.07) is 18.3. The molecule has 1 saturated heterocycles. The number of anilines is 1. The molecule has 3 aliphatic rings. The minimum atomic E-state index is -0.615. The Labute approximate surface area is 228 Å². The zero-order valence-electron chi connectivity index (χ0n) is 20.5. The number of phenols is 1. The maximum absolute atomic E-state index is 13.2. The lowest BCUT2D eigenvalue weighted by Crippen LogP contribution is -2.50. The monoisotopic (exact) mass is 572 g/mol. The molecule has 8 heteroatoms. The third kappa shape index (κ3) is 4.54. The van der Waals surface area contributed by atoms with Crippen LogP contribution in [0, 0.1) is 0 Å². The summed E-state index contributed by atoms with van der Waals surface area (Å²) in [4.78, 5) is 41.2. The van der Waals surface area contributed by atoms with Crippen molar-refractivity contribution in [3.8, 4) is 11.5 Å². The second kappa shape index (κ2) is 9.53. The van der Waals surface area contributed by atoms with Crippen molar-refractivity contribution in [1.29, 1.82) is 0 Å². The van der Waals surface area contributed by atoms with E-state index in [0.29, 0.717) is 29.8 Å². The number of ether oxygens (including phenoxy) is 1. The van der Waals surface area contributed by atoms with Crippen molar-refractivity contribution in [2.24, 2.45) is 0 Å². The van der Waals surface area contributed by atoms with Gasteiger partial charge in [-0.3, -0.25) is 19.3 Å². The SMILES string of the molecule is O=C1Nc2ccc(Br)cc2/C1=C/C(=O)c1cc2c(cc1O)OC1(CCN(Cc3ccccc3)CC1)CC2=O. The van der Waals surface area contributed by atoms with Crippen LogP contribution in [0.3, 0.4) is 0 Å². The Kier molecular flexibility index (Phi) is 6.16. The van der Waals surface area contributed by atoms with Crippen LogP contribution in [0.2, 0.25) is 0 Å². The number of fused-ring (bicyclic) bond motifs is 2. The summed E-state index contributed by atoms with van der Waals surface area (Å²) in [6.07, 6.45) is 2.82. The number of carbonyl (C=O) groups excluding carboxylic acids is 3. The van der Waals surface area contributed by atoms with Crippen LogP contribution in [0.4, 0.5) is 5.69 Å². The molecule has 38 heavy (non-hydrogen) atoms. The molecule has 3 aromatic rings. The molecule has 1 spiro atoms. The molecule has 6 rings (SSSR count). The number of amides is 1. The Hall–Kier alpha value is -3.75. The minimum Gasteiger partial charge on any atom is -0.507 e. The number of phenolic OH excluding ortho intramolecular Hbond substituents is 1. The fraction of sp³-hybridized carbons (Fsp3) is 0.233. The van der Waals surface area contributed by atoms with Crippen LogP contribution in [0.25, 0.3) is 5.57 Å². The molecule has 3 aromatic carbocycles. The number of ketones is 2. The number of hydrogen-bond acceptors (Lipinski definition) is 6. The normalized spacial score (nSPS) is 19.1. The van der Waals surface area contributed by atoms with Gasteiger partial charge in [0, 0.05) is 54.3 Å². The Morgan fingerprint density at radius 3 is 2.58 bits per heavy atom. The molecule has 0 bridgehead atoms. The lowest BCUT2D eigenvalue weighted by atomic mass is 9.82. The third-order valence-corrected chi connectivity index (χ3v) is 8.02. The van der Waals surface area contributed by atoms with E-state index in [-0.39, 0.29) is 34.7 Å². The molecule has 2 N–H and O–H groups in total. The largest absolute Gasteiger partial charge is 0.507 e. The topological polar surface area (TPSA) is 95.9 Å². The highest BCUT2D eigenvalue weighted by Gasteiger charge is 2.43. The number of Topliss-reactive ketones (excluding diaryl/α,β-unsaturated/α-hetero) is 1. The van der Waals surface area contributed by atoms with E-state index in [2.05, 4.69) is 38.3 Å². The van der Waals surface area contributed by atoms with Crippen molar-refractivity contribution >= 4 is 44.7 Å². The number of nitrogens with zero attached hydrogens (tertiary/aromatic N) is 1. The second-order valence-electron chi connectivity index (χ2n) is 10.1. The predicted molar refractivity (Wildman–Crippen MR) is 146 cm³/mol. The van der Waals surface area contributed by atoms with Gasteiger partial charge in [0.2, 0.25) is 0 Å². The molecular weight excluding hydrogens is 548 g/mol. The average molecular weight is 573 g/mol. The van der Waals surface area contributed by atoms with Crippen LogP contribution in [0.1, 0.15) is 51.1 Å². The first-order chi connectivity index (χ1) is 18.3. The number of rotatable bonds is 4. The van der Waals surface area contributed by atoms with Crippen molar-refractivity contribution in [3.05, 3.63) is 93.5 Å². The summed E-state index contributed by atoms with van der Waals surface area (Å²) in [7, 11) is 0. The maximum atomic E-state index is 13.2. The molecule has 3 aliphatic heterocycles. The Balaban J connectivity index is 1.21. The van der Waals surface area contributed by atoms with Crippen molar-refractivity contribution in [2.45, 2.75) is 31.4 Å². The van der Waals surface area contributed by atoms with Crippen LogP contribution in [0.15, 0.2) is 71.2 Å². The number of allylic oxidation sites excluding steroid dienone is 1. The van der Waals surface area contributed by atoms with E-state index in [1.165, 1.54) is 23.8 Å². The molecule has 3 heterocycles. The molecule has 0 aliphatic carbocycles. The summed E-state index contributed by atoms with van der Waals surface area (Å²) in [5.74, 6) is -1.07. The summed E-state index contributed by atoms with van der Waals surface area (Å²) >= 11 is 3.39. The highest BCUT2D eigenvalue weighted by atomic mass is 79.9. The molecule has 0 unspecified atom stereocenters. The maximum Gasteiger partial charge on any atom is 0.256 e. The number of hydrogen-bond donors (Lipinski definition) is 2. The molecule has 0 saturated carbocycles. The van der Waals surface area contributed by atoms with Gasteiger partial charge in [-0.25, -0.2) is 0 Å². The number of likely N-dealkylation sites (tertiary alicyclic amines) is 1. The van der Waals surface area contributed by atoms with Crippen molar-refractivity contribution in [2.75, 3.05) is 18.4 Å². The van der Waals surface area contributed by atoms with E-state index in [0.717, 1.165) is 24.1 Å². The summed E-state index contributed by atoms with van der Waals surface area (Å²) in [5, 5.41) is 13.5. The van der Waals surface area contributed by atoms with E-state index in [1.807, 2.05) is 18.2 Å². The van der Waals surface area contributed by atoms with Crippen molar-refractivity contribution in [3.63, 3.8) is 0 Å². The summed E-state index contributed by atoms with van der Waals surface area (Å²) in [6.45, 7) is 2.45. The van der Waals surface area contributed by atoms with Crippen LogP contribution >= 0.6 is 15.9 Å². The second-order valence-corrected chi connectivity index (χ2v) is 11.0. The zero-order chi connectivity index (χ0) is 26.4. The molecule has 0 atom stereocenters. The number of piperidine rings is 1.